The van der Waals surface area contributed by atoms with Crippen molar-refractivity contribution >= 4 is 23.0 Å². The zero-order chi connectivity index (χ0) is 20.3. The minimum absolute atomic E-state index is 0.0781. The summed E-state index contributed by atoms with van der Waals surface area (Å²) in [6, 6.07) is 16.3. The number of carbonyl (C=O) groups excluding carboxylic acids is 1. The molecule has 0 atom stereocenters. The quantitative estimate of drug-likeness (QED) is 0.629. The highest BCUT2D eigenvalue weighted by Gasteiger charge is 2.28. The van der Waals surface area contributed by atoms with Gasteiger partial charge in [0.1, 0.15) is 0 Å². The number of tetrazole rings is 1. The second-order valence-electron chi connectivity index (χ2n) is 7.90. The van der Waals surface area contributed by atoms with Crippen LogP contribution in [0.4, 0.5) is 17.1 Å². The molecule has 2 aromatic carbocycles. The Balaban J connectivity index is 1.14. The lowest BCUT2D eigenvalue weighted by molar-refractivity contribution is -0.114. The second-order valence-corrected chi connectivity index (χ2v) is 7.90. The lowest BCUT2D eigenvalue weighted by atomic mass is 10.2. The molecule has 0 unspecified atom stereocenters. The number of hydrogen-bond acceptors (Lipinski definition) is 6. The van der Waals surface area contributed by atoms with Crippen molar-refractivity contribution in [1.29, 1.82) is 0 Å². The first-order valence-corrected chi connectivity index (χ1v) is 10.5. The summed E-state index contributed by atoms with van der Waals surface area (Å²) < 4.78 is 1.89. The Morgan fingerprint density at radius 3 is 2.37 bits per heavy atom. The lowest BCUT2D eigenvalue weighted by Gasteiger charge is -2.17. The van der Waals surface area contributed by atoms with E-state index in [1.807, 2.05) is 41.1 Å². The molecule has 8 heteroatoms. The van der Waals surface area contributed by atoms with E-state index in [1.54, 1.807) is 0 Å². The van der Waals surface area contributed by atoms with Crippen molar-refractivity contribution in [2.75, 3.05) is 35.2 Å². The van der Waals surface area contributed by atoms with Gasteiger partial charge in [-0.3, -0.25) is 4.79 Å². The summed E-state index contributed by atoms with van der Waals surface area (Å²) in [6.07, 6.45) is 4.77. The van der Waals surface area contributed by atoms with Gasteiger partial charge in [-0.1, -0.05) is 0 Å². The molecule has 1 aliphatic carbocycles. The Kier molecular flexibility index (Phi) is 5.04. The van der Waals surface area contributed by atoms with Crippen LogP contribution < -0.4 is 15.5 Å². The smallest absolute Gasteiger partial charge is 0.243 e. The largest absolute Gasteiger partial charge is 0.376 e. The Morgan fingerprint density at radius 2 is 1.67 bits per heavy atom. The molecule has 154 valence electrons. The molecular weight excluding hydrogens is 378 g/mol. The summed E-state index contributed by atoms with van der Waals surface area (Å²) in [4.78, 5) is 14.7. The molecule has 2 fully saturated rings. The molecular formula is C22H25N7O. The summed E-state index contributed by atoms with van der Waals surface area (Å²) >= 11 is 0. The van der Waals surface area contributed by atoms with E-state index in [4.69, 9.17) is 0 Å². The van der Waals surface area contributed by atoms with Crippen molar-refractivity contribution in [1.82, 2.24) is 20.2 Å². The standard InChI is InChI=1S/C22H25N7O/c30-21(24-18-7-9-19(10-8-18)28-13-1-2-14-28)15-23-17-5-3-16(4-6-17)22-25-26-27-29(22)20-11-12-20/h3-10,20,23H,1-2,11-15H2,(H,24,30). The van der Waals surface area contributed by atoms with Crippen LogP contribution in [0, 0.1) is 0 Å². The normalized spacial score (nSPS) is 15.9. The van der Waals surface area contributed by atoms with Gasteiger partial charge in [-0.15, -0.1) is 5.10 Å². The number of nitrogens with one attached hydrogen (secondary N) is 2. The van der Waals surface area contributed by atoms with Gasteiger partial charge in [0, 0.05) is 35.7 Å². The molecule has 2 heterocycles. The van der Waals surface area contributed by atoms with Crippen LogP contribution in [0.2, 0.25) is 0 Å². The van der Waals surface area contributed by atoms with Crippen LogP contribution >= 0.6 is 0 Å². The number of anilines is 3. The van der Waals surface area contributed by atoms with Crippen LogP contribution in [0.25, 0.3) is 11.4 Å². The minimum atomic E-state index is -0.0781. The molecule has 8 nitrogen and oxygen atoms in total. The molecule has 1 saturated heterocycles. The van der Waals surface area contributed by atoms with Crippen molar-refractivity contribution in [2.45, 2.75) is 31.7 Å². The van der Waals surface area contributed by atoms with Gasteiger partial charge in [0.2, 0.25) is 5.91 Å². The van der Waals surface area contributed by atoms with Crippen molar-refractivity contribution in [2.24, 2.45) is 0 Å². The van der Waals surface area contributed by atoms with E-state index in [-0.39, 0.29) is 12.5 Å². The first-order valence-electron chi connectivity index (χ1n) is 10.5. The third-order valence-corrected chi connectivity index (χ3v) is 5.60. The number of nitrogens with zero attached hydrogens (tertiary/aromatic N) is 5. The van der Waals surface area contributed by atoms with Gasteiger partial charge in [-0.05, 0) is 84.6 Å². The van der Waals surface area contributed by atoms with Gasteiger partial charge in [0.25, 0.3) is 0 Å². The summed E-state index contributed by atoms with van der Waals surface area (Å²) in [7, 11) is 0. The Morgan fingerprint density at radius 1 is 0.967 bits per heavy atom. The first kappa shape index (κ1) is 18.6. The van der Waals surface area contributed by atoms with Crippen LogP contribution in [0.15, 0.2) is 48.5 Å². The van der Waals surface area contributed by atoms with Gasteiger partial charge < -0.3 is 15.5 Å². The maximum absolute atomic E-state index is 12.3. The molecule has 3 aromatic rings. The lowest BCUT2D eigenvalue weighted by Crippen LogP contribution is -2.22. The molecule has 0 bridgehead atoms. The predicted molar refractivity (Wildman–Crippen MR) is 117 cm³/mol. The maximum atomic E-state index is 12.3. The van der Waals surface area contributed by atoms with Crippen LogP contribution in [0.3, 0.4) is 0 Å². The van der Waals surface area contributed by atoms with Gasteiger partial charge in [-0.25, -0.2) is 4.68 Å². The number of amides is 1. The Bertz CT molecular complexity index is 1000. The third-order valence-electron chi connectivity index (χ3n) is 5.60. The SMILES string of the molecule is O=C(CNc1ccc(-c2nnnn2C2CC2)cc1)Nc1ccc(N2CCCC2)cc1. The highest BCUT2D eigenvalue weighted by atomic mass is 16.1. The summed E-state index contributed by atoms with van der Waals surface area (Å²) in [5.74, 6) is 0.713. The second kappa shape index (κ2) is 8.14. The minimum Gasteiger partial charge on any atom is -0.376 e. The van der Waals surface area contributed by atoms with Gasteiger partial charge in [-0.2, -0.15) is 0 Å². The molecule has 1 amide bonds. The van der Waals surface area contributed by atoms with Crippen molar-refractivity contribution < 1.29 is 4.79 Å². The van der Waals surface area contributed by atoms with E-state index in [1.165, 1.54) is 18.5 Å². The number of aromatic nitrogens is 4. The van der Waals surface area contributed by atoms with Crippen LogP contribution in [0.5, 0.6) is 0 Å². The average Bonchev–Trinajstić information content (AvgIpc) is 3.26. The number of carbonyl (C=O) groups is 1. The number of hydrogen-bond donors (Lipinski definition) is 2. The van der Waals surface area contributed by atoms with E-state index in [0.29, 0.717) is 6.04 Å². The fourth-order valence-corrected chi connectivity index (χ4v) is 3.80. The summed E-state index contributed by atoms with van der Waals surface area (Å²) in [5.41, 5.74) is 3.88. The Hall–Kier alpha value is -3.42. The summed E-state index contributed by atoms with van der Waals surface area (Å²) in [5, 5.41) is 18.1. The molecule has 0 radical (unpaired) electrons. The number of rotatable bonds is 7. The topological polar surface area (TPSA) is 88.0 Å². The van der Waals surface area contributed by atoms with Crippen LogP contribution in [-0.2, 0) is 4.79 Å². The molecule has 5 rings (SSSR count). The number of benzene rings is 2. The van der Waals surface area contributed by atoms with Gasteiger partial charge >= 0.3 is 0 Å². The van der Waals surface area contributed by atoms with E-state index in [2.05, 4.69) is 43.2 Å². The third kappa shape index (κ3) is 4.12. The zero-order valence-electron chi connectivity index (χ0n) is 16.8. The van der Waals surface area contributed by atoms with Crippen LogP contribution in [0.1, 0.15) is 31.7 Å². The molecule has 2 aliphatic rings. The van der Waals surface area contributed by atoms with Crippen LogP contribution in [-0.4, -0.2) is 45.7 Å². The average molecular weight is 403 g/mol. The first-order chi connectivity index (χ1) is 14.8. The fraction of sp³-hybridized carbons (Fsp3) is 0.364. The van der Waals surface area contributed by atoms with E-state index in [0.717, 1.165) is 48.7 Å². The fourth-order valence-electron chi connectivity index (χ4n) is 3.80. The van der Waals surface area contributed by atoms with E-state index in [9.17, 15) is 4.79 Å². The molecule has 1 aromatic heterocycles. The zero-order valence-corrected chi connectivity index (χ0v) is 16.8. The molecule has 30 heavy (non-hydrogen) atoms. The van der Waals surface area contributed by atoms with E-state index >= 15 is 0 Å². The molecule has 2 N–H and O–H groups in total. The maximum Gasteiger partial charge on any atom is 0.243 e. The predicted octanol–water partition coefficient (Wildman–Crippen LogP) is 3.33. The van der Waals surface area contributed by atoms with Crippen molar-refractivity contribution in [3.8, 4) is 11.4 Å². The van der Waals surface area contributed by atoms with Crippen molar-refractivity contribution in [3.05, 3.63) is 48.5 Å². The summed E-state index contributed by atoms with van der Waals surface area (Å²) in [6.45, 7) is 2.43. The highest BCUT2D eigenvalue weighted by molar-refractivity contribution is 5.93. The molecule has 0 spiro atoms. The van der Waals surface area contributed by atoms with Gasteiger partial charge in [0.15, 0.2) is 5.82 Å². The monoisotopic (exact) mass is 403 g/mol. The highest BCUT2D eigenvalue weighted by Crippen LogP contribution is 2.36. The van der Waals surface area contributed by atoms with E-state index < -0.39 is 0 Å². The van der Waals surface area contributed by atoms with Gasteiger partial charge in [0.05, 0.1) is 12.6 Å². The molecule has 1 saturated carbocycles. The molecule has 1 aliphatic heterocycles. The Labute approximate surface area is 175 Å². The van der Waals surface area contributed by atoms with Crippen molar-refractivity contribution in [3.63, 3.8) is 0 Å².